The molecule has 1 aromatic rings. The normalized spacial score (nSPS) is 24.4. The van der Waals surface area contributed by atoms with E-state index in [9.17, 15) is 19.6 Å². The van der Waals surface area contributed by atoms with Crippen molar-refractivity contribution in [3.05, 3.63) is 51.7 Å². The first-order valence-electron chi connectivity index (χ1n) is 14.5. The van der Waals surface area contributed by atoms with Gasteiger partial charge >= 0.3 is 17.9 Å². The Bertz CT molecular complexity index is 1300. The molecule has 1 aromatic carbocycles. The number of carbonyl (C=O) groups is 3. The van der Waals surface area contributed by atoms with Crippen LogP contribution in [0, 0.1) is 48.5 Å². The molecular weight excluding hydrogens is 572 g/mol. The fourth-order valence-corrected chi connectivity index (χ4v) is 8.49. The maximum Gasteiger partial charge on any atom is 0.330 e. The summed E-state index contributed by atoms with van der Waals surface area (Å²) < 4.78 is 16.9. The summed E-state index contributed by atoms with van der Waals surface area (Å²) >= 11 is 2.72. The summed E-state index contributed by atoms with van der Waals surface area (Å²) in [6.45, 7) is 13.2. The number of aryl methyl sites for hydroxylation is 1. The van der Waals surface area contributed by atoms with Crippen molar-refractivity contribution in [3.8, 4) is 11.8 Å². The number of esters is 3. The monoisotopic (exact) mass is 608 g/mol. The summed E-state index contributed by atoms with van der Waals surface area (Å²) in [7, 11) is 0. The molecule has 0 N–H and O–H groups in total. The largest absolute Gasteiger partial charge is 0.465 e. The maximum atomic E-state index is 13.1. The van der Waals surface area contributed by atoms with Gasteiger partial charge in [-0.05, 0) is 94.6 Å². The Morgan fingerprint density at radius 1 is 0.952 bits per heavy atom. The Hall–Kier alpha value is -3.21. The van der Waals surface area contributed by atoms with Gasteiger partial charge in [0, 0.05) is 11.0 Å². The van der Waals surface area contributed by atoms with Gasteiger partial charge < -0.3 is 14.2 Å². The van der Waals surface area contributed by atoms with Crippen molar-refractivity contribution in [1.29, 1.82) is 5.26 Å². The molecular formula is C32H36N2O6S2. The second-order valence-electron chi connectivity index (χ2n) is 11.0. The average molecular weight is 609 g/mol. The van der Waals surface area contributed by atoms with Gasteiger partial charge in [0.25, 0.3) is 5.70 Å². The number of nitriles is 1. The highest BCUT2D eigenvalue weighted by molar-refractivity contribution is 8.24. The van der Waals surface area contributed by atoms with E-state index in [4.69, 9.17) is 20.8 Å². The number of allylic oxidation sites excluding steroid dienone is 1. The molecule has 0 aromatic heterocycles. The first-order chi connectivity index (χ1) is 20.3. The van der Waals surface area contributed by atoms with Crippen LogP contribution < -0.4 is 4.74 Å². The molecule has 0 amide bonds. The summed E-state index contributed by atoms with van der Waals surface area (Å²) in [4.78, 5) is 41.8. The van der Waals surface area contributed by atoms with Gasteiger partial charge in [-0.15, -0.1) is 0 Å². The van der Waals surface area contributed by atoms with E-state index in [0.717, 1.165) is 72.8 Å². The van der Waals surface area contributed by atoms with Crippen LogP contribution in [0.4, 0.5) is 0 Å². The number of nitrogens with zero attached hydrogens (tertiary/aromatic N) is 2. The lowest BCUT2D eigenvalue weighted by atomic mass is 9.69. The van der Waals surface area contributed by atoms with Crippen LogP contribution in [-0.2, 0) is 23.9 Å². The number of carbonyl (C=O) groups excluding carboxylic acids is 3. The molecule has 0 atom stereocenters. The SMILES string of the molecule is [C-]#[N+]/C(C#N)=C1\Sc2c(C)ccc(OC(=O)C3CCC(C4CCC(C(=O)OCCCCOC(=O)C=C)CC4)CC3)c2S1. The minimum absolute atomic E-state index is 0.0483. The lowest BCUT2D eigenvalue weighted by Gasteiger charge is -2.36. The first-order valence-corrected chi connectivity index (χ1v) is 16.2. The van der Waals surface area contributed by atoms with E-state index in [1.807, 2.05) is 25.1 Å². The van der Waals surface area contributed by atoms with Gasteiger partial charge in [-0.3, -0.25) is 9.59 Å². The van der Waals surface area contributed by atoms with E-state index in [2.05, 4.69) is 11.4 Å². The number of fused-ring (bicyclic) bond motifs is 1. The van der Waals surface area contributed by atoms with Gasteiger partial charge in [0.05, 0.1) is 46.8 Å². The van der Waals surface area contributed by atoms with Crippen molar-refractivity contribution in [2.75, 3.05) is 13.2 Å². The third-order valence-electron chi connectivity index (χ3n) is 8.36. The van der Waals surface area contributed by atoms with Gasteiger partial charge in [-0.2, -0.15) is 0 Å². The lowest BCUT2D eigenvalue weighted by molar-refractivity contribution is -0.151. The highest BCUT2D eigenvalue weighted by atomic mass is 32.2. The molecule has 0 spiro atoms. The number of hydrogen-bond acceptors (Lipinski definition) is 9. The van der Waals surface area contributed by atoms with Crippen LogP contribution in [0.2, 0.25) is 0 Å². The van der Waals surface area contributed by atoms with E-state index < -0.39 is 5.97 Å². The predicted octanol–water partition coefficient (Wildman–Crippen LogP) is 7.38. The molecule has 2 aliphatic carbocycles. The zero-order valence-corrected chi connectivity index (χ0v) is 25.5. The zero-order chi connectivity index (χ0) is 30.1. The number of benzene rings is 1. The van der Waals surface area contributed by atoms with Crippen molar-refractivity contribution < 1.29 is 28.6 Å². The molecule has 1 aliphatic heterocycles. The fourth-order valence-electron chi connectivity index (χ4n) is 5.94. The van der Waals surface area contributed by atoms with Crippen molar-refractivity contribution in [2.45, 2.75) is 80.9 Å². The Labute approximate surface area is 256 Å². The van der Waals surface area contributed by atoms with E-state index in [-0.39, 0.29) is 29.5 Å². The van der Waals surface area contributed by atoms with Gasteiger partial charge in [0.2, 0.25) is 0 Å². The van der Waals surface area contributed by atoms with E-state index >= 15 is 0 Å². The summed E-state index contributed by atoms with van der Waals surface area (Å²) in [5.74, 6) is 0.666. The van der Waals surface area contributed by atoms with E-state index in [0.29, 0.717) is 47.9 Å². The molecule has 0 unspecified atom stereocenters. The summed E-state index contributed by atoms with van der Waals surface area (Å²) in [6, 6.07) is 5.68. The van der Waals surface area contributed by atoms with Crippen LogP contribution in [0.5, 0.6) is 5.75 Å². The van der Waals surface area contributed by atoms with Crippen molar-refractivity contribution in [3.63, 3.8) is 0 Å². The third kappa shape index (κ3) is 7.99. The van der Waals surface area contributed by atoms with Gasteiger partial charge in [0.1, 0.15) is 5.75 Å². The van der Waals surface area contributed by atoms with Crippen LogP contribution >= 0.6 is 23.5 Å². The molecule has 2 fully saturated rings. The van der Waals surface area contributed by atoms with E-state index in [1.165, 1.54) is 23.5 Å². The average Bonchev–Trinajstić information content (AvgIpc) is 3.47. The molecule has 8 nitrogen and oxygen atoms in total. The molecule has 1 heterocycles. The molecule has 42 heavy (non-hydrogen) atoms. The smallest absolute Gasteiger partial charge is 0.330 e. The quantitative estimate of drug-likeness (QED) is 0.0672. The highest BCUT2D eigenvalue weighted by Crippen LogP contribution is 2.57. The summed E-state index contributed by atoms with van der Waals surface area (Å²) in [5.41, 5.74) is 1.08. The molecule has 0 saturated heterocycles. The predicted molar refractivity (Wildman–Crippen MR) is 160 cm³/mol. The minimum Gasteiger partial charge on any atom is -0.465 e. The minimum atomic E-state index is -0.442. The Kier molecular flexibility index (Phi) is 11.6. The Morgan fingerprint density at radius 3 is 2.10 bits per heavy atom. The van der Waals surface area contributed by atoms with Crippen LogP contribution in [-0.4, -0.2) is 31.1 Å². The molecule has 10 heteroatoms. The Balaban J connectivity index is 1.19. The van der Waals surface area contributed by atoms with Crippen LogP contribution in [0.25, 0.3) is 4.85 Å². The van der Waals surface area contributed by atoms with Crippen molar-refractivity contribution in [1.82, 2.24) is 0 Å². The standard InChI is InChI=1S/C32H36N2O6S2/c1-4-27(35)38-17-5-6-18-39-30(36)23-12-8-21(9-13-23)22-10-14-24(15-11-22)31(37)40-26-16-7-20(2)28-29(26)42-32(41-28)25(19-33)34-3/h4,7,16,21-24H,1,5-6,8-15,17-18H2,2H3/b32-25+. The molecule has 4 rings (SSSR count). The molecule has 0 bridgehead atoms. The number of hydrogen-bond donors (Lipinski definition) is 0. The second kappa shape index (κ2) is 15.3. The van der Waals surface area contributed by atoms with E-state index in [1.54, 1.807) is 0 Å². The second-order valence-corrected chi connectivity index (χ2v) is 13.3. The van der Waals surface area contributed by atoms with Gasteiger partial charge in [-0.1, -0.05) is 36.2 Å². The highest BCUT2D eigenvalue weighted by Gasteiger charge is 2.36. The lowest BCUT2D eigenvalue weighted by Crippen LogP contribution is -2.31. The summed E-state index contributed by atoms with van der Waals surface area (Å²) in [6.07, 6.45) is 9.69. The van der Waals surface area contributed by atoms with Crippen molar-refractivity contribution in [2.24, 2.45) is 23.7 Å². The van der Waals surface area contributed by atoms with Crippen molar-refractivity contribution >= 4 is 41.4 Å². The zero-order valence-electron chi connectivity index (χ0n) is 23.9. The topological polar surface area (TPSA) is 107 Å². The van der Waals surface area contributed by atoms with Crippen LogP contribution in [0.15, 0.2) is 44.5 Å². The Morgan fingerprint density at radius 2 is 1.52 bits per heavy atom. The van der Waals surface area contributed by atoms with Gasteiger partial charge in [0.15, 0.2) is 0 Å². The first kappa shape index (κ1) is 31.7. The maximum absolute atomic E-state index is 13.1. The number of rotatable bonds is 10. The molecule has 222 valence electrons. The molecule has 2 saturated carbocycles. The number of ether oxygens (including phenoxy) is 3. The number of thioether (sulfide) groups is 2. The molecule has 3 aliphatic rings. The van der Waals surface area contributed by atoms with Crippen LogP contribution in [0.3, 0.4) is 0 Å². The fraction of sp³-hybridized carbons (Fsp3) is 0.531. The number of unbranched alkanes of at least 4 members (excludes halogenated alkanes) is 1. The molecule has 0 radical (unpaired) electrons. The van der Waals surface area contributed by atoms with Crippen LogP contribution in [0.1, 0.15) is 69.8 Å². The van der Waals surface area contributed by atoms with Gasteiger partial charge in [-0.25, -0.2) is 14.9 Å². The summed E-state index contributed by atoms with van der Waals surface area (Å²) in [5, 5.41) is 9.28. The third-order valence-corrected chi connectivity index (χ3v) is 11.1.